The van der Waals surface area contributed by atoms with E-state index in [1.807, 2.05) is 4.90 Å². The van der Waals surface area contributed by atoms with Crippen molar-refractivity contribution in [3.63, 3.8) is 0 Å². The van der Waals surface area contributed by atoms with Gasteiger partial charge in [0.05, 0.1) is 4.47 Å². The highest BCUT2D eigenvalue weighted by atomic mass is 79.9. The van der Waals surface area contributed by atoms with Crippen LogP contribution in [0.5, 0.6) is 0 Å². The second kappa shape index (κ2) is 5.69. The zero-order valence-corrected chi connectivity index (χ0v) is 11.5. The van der Waals surface area contributed by atoms with Crippen LogP contribution in [0.3, 0.4) is 0 Å². The molecule has 5 heteroatoms. The van der Waals surface area contributed by atoms with Crippen molar-refractivity contribution in [2.24, 2.45) is 5.92 Å². The number of hydrogen-bond acceptors (Lipinski definition) is 3. The van der Waals surface area contributed by atoms with Crippen LogP contribution in [0.15, 0.2) is 21.2 Å². The Bertz CT molecular complexity index is 392. The van der Waals surface area contributed by atoms with E-state index in [4.69, 9.17) is 4.42 Å². The monoisotopic (exact) mass is 300 g/mol. The molecule has 1 saturated heterocycles. The van der Waals surface area contributed by atoms with Crippen LogP contribution in [-0.2, 0) is 0 Å². The molecule has 4 nitrogen and oxygen atoms in total. The van der Waals surface area contributed by atoms with Gasteiger partial charge in [-0.25, -0.2) is 0 Å². The highest BCUT2D eigenvalue weighted by molar-refractivity contribution is 9.10. The first-order chi connectivity index (χ1) is 8.20. The number of nitrogens with zero attached hydrogens (tertiary/aromatic N) is 1. The van der Waals surface area contributed by atoms with Crippen LogP contribution in [0.4, 0.5) is 0 Å². The standard InChI is InChI=1S/C12H17BrN2O2/c1-2-9-6-14-3-4-15(7-9)12(16)11-5-10(13)8-17-11/h5,8-9,14H,2-4,6-7H2,1H3. The molecule has 0 aromatic carbocycles. The maximum absolute atomic E-state index is 12.2. The van der Waals surface area contributed by atoms with Gasteiger partial charge in [-0.1, -0.05) is 13.3 Å². The lowest BCUT2D eigenvalue weighted by molar-refractivity contribution is 0.0714. The van der Waals surface area contributed by atoms with Gasteiger partial charge < -0.3 is 14.6 Å². The largest absolute Gasteiger partial charge is 0.458 e. The van der Waals surface area contributed by atoms with Crippen molar-refractivity contribution in [3.8, 4) is 0 Å². The van der Waals surface area contributed by atoms with E-state index < -0.39 is 0 Å². The van der Waals surface area contributed by atoms with E-state index in [9.17, 15) is 4.79 Å². The molecule has 1 aromatic rings. The van der Waals surface area contributed by atoms with Crippen molar-refractivity contribution >= 4 is 21.8 Å². The summed E-state index contributed by atoms with van der Waals surface area (Å²) in [5, 5.41) is 3.36. The van der Waals surface area contributed by atoms with E-state index >= 15 is 0 Å². The first kappa shape index (κ1) is 12.6. The molecule has 94 valence electrons. The molecule has 17 heavy (non-hydrogen) atoms. The Morgan fingerprint density at radius 3 is 3.18 bits per heavy atom. The van der Waals surface area contributed by atoms with Crippen molar-refractivity contribution in [1.29, 1.82) is 0 Å². The topological polar surface area (TPSA) is 45.5 Å². The smallest absolute Gasteiger partial charge is 0.289 e. The number of carbonyl (C=O) groups excluding carboxylic acids is 1. The van der Waals surface area contributed by atoms with Gasteiger partial charge in [-0.05, 0) is 28.4 Å². The summed E-state index contributed by atoms with van der Waals surface area (Å²) in [7, 11) is 0. The Balaban J connectivity index is 2.07. The summed E-state index contributed by atoms with van der Waals surface area (Å²) >= 11 is 3.29. The van der Waals surface area contributed by atoms with E-state index in [1.54, 1.807) is 12.3 Å². The summed E-state index contributed by atoms with van der Waals surface area (Å²) in [4.78, 5) is 14.1. The van der Waals surface area contributed by atoms with Crippen LogP contribution in [0.1, 0.15) is 23.9 Å². The Kier molecular flexibility index (Phi) is 4.23. The molecule has 1 aromatic heterocycles. The molecule has 0 spiro atoms. The number of amides is 1. The number of rotatable bonds is 2. The second-order valence-electron chi connectivity index (χ2n) is 4.36. The fourth-order valence-corrected chi connectivity index (χ4v) is 2.33. The molecular formula is C12H17BrN2O2. The minimum absolute atomic E-state index is 0.0159. The van der Waals surface area contributed by atoms with E-state index in [0.29, 0.717) is 11.7 Å². The van der Waals surface area contributed by atoms with Crippen LogP contribution in [-0.4, -0.2) is 37.0 Å². The lowest BCUT2D eigenvalue weighted by atomic mass is 10.1. The number of carbonyl (C=O) groups is 1. The van der Waals surface area contributed by atoms with Gasteiger partial charge in [0.2, 0.25) is 0 Å². The molecule has 0 saturated carbocycles. The summed E-state index contributed by atoms with van der Waals surface area (Å²) in [6.45, 7) is 5.55. The summed E-state index contributed by atoms with van der Waals surface area (Å²) in [5.41, 5.74) is 0. The molecule has 0 aliphatic carbocycles. The SMILES string of the molecule is CCC1CNCCN(C(=O)c2cc(Br)co2)C1. The Labute approximate surface area is 109 Å². The summed E-state index contributed by atoms with van der Waals surface area (Å²) in [6.07, 6.45) is 2.62. The fraction of sp³-hybridized carbons (Fsp3) is 0.583. The average Bonchev–Trinajstić information content (AvgIpc) is 2.64. The fourth-order valence-electron chi connectivity index (χ4n) is 2.03. The first-order valence-electron chi connectivity index (χ1n) is 5.94. The number of hydrogen-bond donors (Lipinski definition) is 1. The Morgan fingerprint density at radius 1 is 1.71 bits per heavy atom. The molecular weight excluding hydrogens is 284 g/mol. The first-order valence-corrected chi connectivity index (χ1v) is 6.74. The molecule has 1 atom stereocenters. The van der Waals surface area contributed by atoms with Gasteiger partial charge >= 0.3 is 0 Å². The van der Waals surface area contributed by atoms with Crippen molar-refractivity contribution in [2.45, 2.75) is 13.3 Å². The molecule has 0 bridgehead atoms. The molecule has 2 rings (SSSR count). The average molecular weight is 301 g/mol. The maximum atomic E-state index is 12.2. The van der Waals surface area contributed by atoms with E-state index in [1.165, 1.54) is 0 Å². The lowest BCUT2D eigenvalue weighted by Crippen LogP contribution is -2.35. The predicted octanol–water partition coefficient (Wildman–Crippen LogP) is 2.11. The highest BCUT2D eigenvalue weighted by Gasteiger charge is 2.23. The van der Waals surface area contributed by atoms with Gasteiger partial charge in [0.25, 0.3) is 5.91 Å². The third-order valence-electron chi connectivity index (χ3n) is 3.11. The third kappa shape index (κ3) is 3.10. The molecule has 1 amide bonds. The van der Waals surface area contributed by atoms with Crippen LogP contribution in [0.25, 0.3) is 0 Å². The van der Waals surface area contributed by atoms with Crippen LogP contribution >= 0.6 is 15.9 Å². The van der Waals surface area contributed by atoms with Gasteiger partial charge in [-0.15, -0.1) is 0 Å². The number of halogens is 1. The predicted molar refractivity (Wildman–Crippen MR) is 69.0 cm³/mol. The second-order valence-corrected chi connectivity index (χ2v) is 5.27. The summed E-state index contributed by atoms with van der Waals surface area (Å²) in [5.74, 6) is 0.923. The van der Waals surface area contributed by atoms with E-state index in [2.05, 4.69) is 28.2 Å². The lowest BCUT2D eigenvalue weighted by Gasteiger charge is -2.22. The molecule has 1 aliphatic rings. The van der Waals surface area contributed by atoms with E-state index in [-0.39, 0.29) is 5.91 Å². The van der Waals surface area contributed by atoms with Crippen LogP contribution < -0.4 is 5.32 Å². The third-order valence-corrected chi connectivity index (χ3v) is 3.53. The van der Waals surface area contributed by atoms with Gasteiger partial charge in [0.1, 0.15) is 6.26 Å². The zero-order chi connectivity index (χ0) is 12.3. The van der Waals surface area contributed by atoms with Crippen LogP contribution in [0, 0.1) is 5.92 Å². The molecule has 1 unspecified atom stereocenters. The highest BCUT2D eigenvalue weighted by Crippen LogP contribution is 2.17. The van der Waals surface area contributed by atoms with Crippen LogP contribution in [0.2, 0.25) is 0 Å². The molecule has 0 radical (unpaired) electrons. The Hall–Kier alpha value is -0.810. The van der Waals surface area contributed by atoms with E-state index in [0.717, 1.165) is 37.1 Å². The van der Waals surface area contributed by atoms with Gasteiger partial charge in [-0.2, -0.15) is 0 Å². The molecule has 1 N–H and O–H groups in total. The number of nitrogens with one attached hydrogen (secondary N) is 1. The number of furan rings is 1. The minimum Gasteiger partial charge on any atom is -0.458 e. The van der Waals surface area contributed by atoms with Crippen molar-refractivity contribution in [2.75, 3.05) is 26.2 Å². The summed E-state index contributed by atoms with van der Waals surface area (Å²) < 4.78 is 6.04. The zero-order valence-electron chi connectivity index (χ0n) is 9.91. The summed E-state index contributed by atoms with van der Waals surface area (Å²) in [6, 6.07) is 1.72. The molecule has 1 aliphatic heterocycles. The van der Waals surface area contributed by atoms with Crippen molar-refractivity contribution in [1.82, 2.24) is 10.2 Å². The quantitative estimate of drug-likeness (QED) is 0.910. The molecule has 1 fully saturated rings. The maximum Gasteiger partial charge on any atom is 0.289 e. The molecule has 2 heterocycles. The Morgan fingerprint density at radius 2 is 2.53 bits per heavy atom. The normalized spacial score (nSPS) is 21.3. The van der Waals surface area contributed by atoms with Crippen molar-refractivity contribution < 1.29 is 9.21 Å². The van der Waals surface area contributed by atoms with Gasteiger partial charge in [0.15, 0.2) is 5.76 Å². The van der Waals surface area contributed by atoms with Gasteiger partial charge in [-0.3, -0.25) is 4.79 Å². The van der Waals surface area contributed by atoms with Gasteiger partial charge in [0, 0.05) is 25.7 Å². The minimum atomic E-state index is -0.0159. The van der Waals surface area contributed by atoms with Crippen molar-refractivity contribution in [3.05, 3.63) is 22.6 Å².